The zero-order chi connectivity index (χ0) is 13.1. The van der Waals surface area contributed by atoms with E-state index in [1.54, 1.807) is 6.07 Å². The van der Waals surface area contributed by atoms with Crippen LogP contribution in [0, 0.1) is 6.92 Å². The van der Waals surface area contributed by atoms with Crippen molar-refractivity contribution in [2.45, 2.75) is 39.5 Å². The standard InChI is InChI=1S/C12H18FO3P/c1-5-12(3,4)10-6-7-11(9(2)8-10)15-17(14)16-13/h6-8,14H,5H2,1-4H3. The third-order valence-electron chi connectivity index (χ3n) is 3.08. The molecule has 0 fully saturated rings. The molecule has 0 amide bonds. The Morgan fingerprint density at radius 1 is 1.41 bits per heavy atom. The SMILES string of the molecule is CCC(C)(C)c1ccc(OP(O)OF)c(C)c1. The van der Waals surface area contributed by atoms with Gasteiger partial charge in [0, 0.05) is 0 Å². The Hall–Kier alpha value is -0.700. The van der Waals surface area contributed by atoms with E-state index in [4.69, 9.17) is 9.42 Å². The molecule has 1 rings (SSSR count). The molecule has 0 saturated heterocycles. The number of benzene rings is 1. The molecule has 0 aromatic heterocycles. The van der Waals surface area contributed by atoms with Crippen molar-refractivity contribution < 1.29 is 18.7 Å². The molecule has 1 aromatic carbocycles. The van der Waals surface area contributed by atoms with Crippen LogP contribution in [-0.2, 0) is 10.1 Å². The molecule has 0 spiro atoms. The van der Waals surface area contributed by atoms with Crippen LogP contribution in [0.2, 0.25) is 0 Å². The van der Waals surface area contributed by atoms with Gasteiger partial charge in [-0.1, -0.05) is 37.6 Å². The minimum absolute atomic E-state index is 0.0871. The first-order chi connectivity index (χ1) is 7.90. The van der Waals surface area contributed by atoms with Gasteiger partial charge in [-0.15, -0.1) is 0 Å². The molecule has 0 saturated carbocycles. The van der Waals surface area contributed by atoms with Gasteiger partial charge in [0.25, 0.3) is 0 Å². The average molecular weight is 260 g/mol. The number of hydrogen-bond donors (Lipinski definition) is 1. The monoisotopic (exact) mass is 260 g/mol. The lowest BCUT2D eigenvalue weighted by molar-refractivity contribution is -0.0178. The first kappa shape index (κ1) is 14.4. The fraction of sp³-hybridized carbons (Fsp3) is 0.500. The van der Waals surface area contributed by atoms with E-state index in [9.17, 15) is 4.53 Å². The third kappa shape index (κ3) is 3.63. The highest BCUT2D eigenvalue weighted by atomic mass is 31.2. The van der Waals surface area contributed by atoms with Crippen molar-refractivity contribution in [3.05, 3.63) is 29.3 Å². The topological polar surface area (TPSA) is 38.7 Å². The molecule has 0 bridgehead atoms. The van der Waals surface area contributed by atoms with Crippen molar-refractivity contribution in [1.82, 2.24) is 0 Å². The van der Waals surface area contributed by atoms with Gasteiger partial charge in [0.05, 0.1) is 0 Å². The average Bonchev–Trinajstić information content (AvgIpc) is 2.31. The van der Waals surface area contributed by atoms with Gasteiger partial charge in [-0.25, -0.2) is 0 Å². The van der Waals surface area contributed by atoms with Crippen LogP contribution in [0.3, 0.4) is 0 Å². The van der Waals surface area contributed by atoms with Gasteiger partial charge in [0.15, 0.2) is 0 Å². The third-order valence-corrected chi connectivity index (χ3v) is 3.55. The van der Waals surface area contributed by atoms with Crippen LogP contribution in [0.15, 0.2) is 18.2 Å². The molecule has 0 radical (unpaired) electrons. The van der Waals surface area contributed by atoms with Crippen molar-refractivity contribution in [1.29, 1.82) is 0 Å². The molecule has 96 valence electrons. The lowest BCUT2D eigenvalue weighted by Crippen LogP contribution is -2.15. The Labute approximate surface area is 102 Å². The molecule has 3 nitrogen and oxygen atoms in total. The second-order valence-corrected chi connectivity index (χ2v) is 5.41. The van der Waals surface area contributed by atoms with Crippen molar-refractivity contribution in [2.24, 2.45) is 0 Å². The maximum Gasteiger partial charge on any atom is 0.428 e. The van der Waals surface area contributed by atoms with E-state index in [0.29, 0.717) is 5.75 Å². The summed E-state index contributed by atoms with van der Waals surface area (Å²) in [4.78, 5) is 8.96. The zero-order valence-electron chi connectivity index (χ0n) is 10.5. The van der Waals surface area contributed by atoms with Gasteiger partial charge in [-0.3, -0.25) is 0 Å². The number of aryl methyl sites for hydroxylation is 1. The van der Waals surface area contributed by atoms with Gasteiger partial charge in [0.2, 0.25) is 0 Å². The Morgan fingerprint density at radius 3 is 2.53 bits per heavy atom. The second kappa shape index (κ2) is 5.76. The summed E-state index contributed by atoms with van der Waals surface area (Å²) >= 11 is 0. The maximum atomic E-state index is 11.7. The van der Waals surface area contributed by atoms with Crippen molar-refractivity contribution in [2.75, 3.05) is 0 Å². The lowest BCUT2D eigenvalue weighted by atomic mass is 9.82. The fourth-order valence-corrected chi connectivity index (χ4v) is 1.88. The molecule has 0 aliphatic rings. The summed E-state index contributed by atoms with van der Waals surface area (Å²) in [5, 5.41) is 0. The van der Waals surface area contributed by atoms with Crippen LogP contribution >= 0.6 is 8.60 Å². The molecule has 0 aliphatic heterocycles. The summed E-state index contributed by atoms with van der Waals surface area (Å²) in [5.74, 6) is 0.437. The lowest BCUT2D eigenvalue weighted by Gasteiger charge is -2.24. The quantitative estimate of drug-likeness (QED) is 0.807. The van der Waals surface area contributed by atoms with E-state index in [-0.39, 0.29) is 5.41 Å². The minimum atomic E-state index is -2.48. The molecule has 5 heteroatoms. The van der Waals surface area contributed by atoms with Gasteiger partial charge in [-0.05, 0) is 40.5 Å². The van der Waals surface area contributed by atoms with Crippen LogP contribution in [0.25, 0.3) is 0 Å². The van der Waals surface area contributed by atoms with Crippen molar-refractivity contribution >= 4 is 8.60 Å². The van der Waals surface area contributed by atoms with E-state index >= 15 is 0 Å². The highest BCUT2D eigenvalue weighted by Crippen LogP contribution is 2.38. The van der Waals surface area contributed by atoms with Crippen LogP contribution in [0.1, 0.15) is 38.3 Å². The van der Waals surface area contributed by atoms with Crippen molar-refractivity contribution in [3.8, 4) is 5.75 Å². The van der Waals surface area contributed by atoms with Crippen LogP contribution in [0.5, 0.6) is 5.75 Å². The van der Waals surface area contributed by atoms with E-state index in [0.717, 1.165) is 12.0 Å². The largest absolute Gasteiger partial charge is 0.428 e. The minimum Gasteiger partial charge on any atom is -0.425 e. The number of rotatable bonds is 5. The predicted molar refractivity (Wildman–Crippen MR) is 66.5 cm³/mol. The molecule has 0 heterocycles. The summed E-state index contributed by atoms with van der Waals surface area (Å²) in [6.07, 6.45) is 1.02. The van der Waals surface area contributed by atoms with Crippen LogP contribution in [0.4, 0.5) is 4.53 Å². The molecule has 1 unspecified atom stereocenters. The predicted octanol–water partition coefficient (Wildman–Crippen LogP) is 4.18. The Kier molecular flexibility index (Phi) is 4.87. The Morgan fingerprint density at radius 2 is 2.06 bits per heavy atom. The summed E-state index contributed by atoms with van der Waals surface area (Å²) < 4.78 is 19.8. The molecule has 1 aromatic rings. The normalized spacial score (nSPS) is 13.5. The van der Waals surface area contributed by atoms with E-state index in [1.165, 1.54) is 5.56 Å². The second-order valence-electron chi connectivity index (χ2n) is 4.62. The van der Waals surface area contributed by atoms with Gasteiger partial charge < -0.3 is 9.42 Å². The zero-order valence-corrected chi connectivity index (χ0v) is 11.4. The van der Waals surface area contributed by atoms with Gasteiger partial charge in [-0.2, -0.15) is 0 Å². The summed E-state index contributed by atoms with van der Waals surface area (Å²) in [6.45, 7) is 8.30. The van der Waals surface area contributed by atoms with Crippen LogP contribution in [-0.4, -0.2) is 4.89 Å². The molecular weight excluding hydrogens is 242 g/mol. The van der Waals surface area contributed by atoms with Crippen molar-refractivity contribution in [3.63, 3.8) is 0 Å². The summed E-state index contributed by atoms with van der Waals surface area (Å²) in [7, 11) is -2.48. The fourth-order valence-electron chi connectivity index (χ4n) is 1.48. The van der Waals surface area contributed by atoms with E-state index in [2.05, 4.69) is 25.5 Å². The molecule has 1 atom stereocenters. The van der Waals surface area contributed by atoms with Gasteiger partial charge in [0.1, 0.15) is 5.75 Å². The highest BCUT2D eigenvalue weighted by molar-refractivity contribution is 7.40. The Bertz CT molecular complexity index is 382. The maximum absolute atomic E-state index is 11.7. The van der Waals surface area contributed by atoms with Gasteiger partial charge >= 0.3 is 8.60 Å². The smallest absolute Gasteiger partial charge is 0.425 e. The van der Waals surface area contributed by atoms with E-state index < -0.39 is 8.60 Å². The molecular formula is C12H18FO3P. The molecule has 17 heavy (non-hydrogen) atoms. The summed E-state index contributed by atoms with van der Waals surface area (Å²) in [6, 6.07) is 5.64. The van der Waals surface area contributed by atoms with Crippen LogP contribution < -0.4 is 4.52 Å². The summed E-state index contributed by atoms with van der Waals surface area (Å²) in [5.41, 5.74) is 2.13. The van der Waals surface area contributed by atoms with E-state index in [1.807, 2.05) is 19.1 Å². The number of halogens is 1. The molecule has 1 N–H and O–H groups in total. The molecule has 0 aliphatic carbocycles. The first-order valence-corrected chi connectivity index (χ1v) is 6.60. The number of hydrogen-bond acceptors (Lipinski definition) is 3. The Balaban J connectivity index is 2.94. The highest BCUT2D eigenvalue weighted by Gasteiger charge is 2.19. The first-order valence-electron chi connectivity index (χ1n) is 5.47.